The summed E-state index contributed by atoms with van der Waals surface area (Å²) in [5, 5.41) is 0. The molecule has 7 heteroatoms. The Kier molecular flexibility index (Phi) is 5.88. The van der Waals surface area contributed by atoms with Gasteiger partial charge in [-0.2, -0.15) is 0 Å². The second-order valence-corrected chi connectivity index (χ2v) is 7.86. The Morgan fingerprint density at radius 1 is 1.08 bits per heavy atom. The van der Waals surface area contributed by atoms with Gasteiger partial charge in [-0.1, -0.05) is 30.3 Å². The van der Waals surface area contributed by atoms with Gasteiger partial charge in [-0.05, 0) is 30.5 Å². The van der Waals surface area contributed by atoms with E-state index in [4.69, 9.17) is 4.74 Å². The molecule has 0 bridgehead atoms. The van der Waals surface area contributed by atoms with Gasteiger partial charge in [0.05, 0.1) is 30.9 Å². The van der Waals surface area contributed by atoms with Crippen molar-refractivity contribution in [3.05, 3.63) is 54.2 Å². The summed E-state index contributed by atoms with van der Waals surface area (Å²) in [5.41, 5.74) is 1.64. The van der Waals surface area contributed by atoms with Gasteiger partial charge in [0, 0.05) is 13.1 Å². The number of morpholine rings is 1. The highest BCUT2D eigenvalue weighted by Crippen LogP contribution is 2.16. The first-order valence-electron chi connectivity index (χ1n) is 8.45. The first-order chi connectivity index (χ1) is 12.1. The molecule has 0 saturated carbocycles. The lowest BCUT2D eigenvalue weighted by Gasteiger charge is -2.27. The highest BCUT2D eigenvalue weighted by Gasteiger charge is 2.14. The zero-order chi connectivity index (χ0) is 17.5. The van der Waals surface area contributed by atoms with Crippen molar-refractivity contribution in [2.75, 3.05) is 41.7 Å². The van der Waals surface area contributed by atoms with Crippen molar-refractivity contribution >= 4 is 21.5 Å². The van der Waals surface area contributed by atoms with Crippen LogP contribution in [0.2, 0.25) is 0 Å². The summed E-state index contributed by atoms with van der Waals surface area (Å²) in [5.74, 6) is 0.933. The Bertz CT molecular complexity index is 758. The van der Waals surface area contributed by atoms with Gasteiger partial charge < -0.3 is 9.64 Å². The fraction of sp³-hybridized carbons (Fsp3) is 0.389. The molecule has 1 N–H and O–H groups in total. The molecule has 1 aromatic carbocycles. The van der Waals surface area contributed by atoms with Crippen LogP contribution in [0.5, 0.6) is 0 Å². The topological polar surface area (TPSA) is 71.5 Å². The third kappa shape index (κ3) is 5.44. The number of aryl methyl sites for hydroxylation is 1. The lowest BCUT2D eigenvalue weighted by molar-refractivity contribution is 0.122. The lowest BCUT2D eigenvalue weighted by atomic mass is 10.1. The number of sulfonamides is 1. The number of hydrogen-bond donors (Lipinski definition) is 1. The SMILES string of the molecule is O=S(=O)(CCCc1ccccc1)Nc1ccc(N2CCOCC2)nc1. The number of rotatable bonds is 7. The van der Waals surface area contributed by atoms with Crippen LogP contribution in [0.25, 0.3) is 0 Å². The number of anilines is 2. The molecule has 3 rings (SSSR count). The Labute approximate surface area is 148 Å². The largest absolute Gasteiger partial charge is 0.378 e. The summed E-state index contributed by atoms with van der Waals surface area (Å²) in [7, 11) is -3.37. The maximum absolute atomic E-state index is 12.2. The molecule has 134 valence electrons. The molecule has 1 aromatic heterocycles. The van der Waals surface area contributed by atoms with Gasteiger partial charge in [-0.15, -0.1) is 0 Å². The third-order valence-corrected chi connectivity index (χ3v) is 5.45. The third-order valence-electron chi connectivity index (χ3n) is 4.08. The normalized spacial score (nSPS) is 15.1. The van der Waals surface area contributed by atoms with Crippen LogP contribution in [0.15, 0.2) is 48.7 Å². The van der Waals surface area contributed by atoms with Crippen molar-refractivity contribution in [1.82, 2.24) is 4.98 Å². The Hall–Kier alpha value is -2.12. The fourth-order valence-electron chi connectivity index (χ4n) is 2.77. The molecular weight excluding hydrogens is 338 g/mol. The summed E-state index contributed by atoms with van der Waals surface area (Å²) in [6, 6.07) is 13.5. The molecule has 1 aliphatic rings. The van der Waals surface area contributed by atoms with Crippen LogP contribution in [0.4, 0.5) is 11.5 Å². The minimum Gasteiger partial charge on any atom is -0.378 e. The quantitative estimate of drug-likeness (QED) is 0.819. The van der Waals surface area contributed by atoms with E-state index in [2.05, 4.69) is 14.6 Å². The molecule has 0 radical (unpaired) electrons. The second-order valence-electron chi connectivity index (χ2n) is 6.01. The summed E-state index contributed by atoms with van der Waals surface area (Å²) in [4.78, 5) is 6.48. The number of nitrogens with zero attached hydrogens (tertiary/aromatic N) is 2. The van der Waals surface area contributed by atoms with Crippen LogP contribution in [-0.4, -0.2) is 45.5 Å². The van der Waals surface area contributed by atoms with Crippen molar-refractivity contribution in [1.29, 1.82) is 0 Å². The highest BCUT2D eigenvalue weighted by atomic mass is 32.2. The van der Waals surface area contributed by atoms with Crippen LogP contribution in [-0.2, 0) is 21.2 Å². The molecule has 1 fully saturated rings. The van der Waals surface area contributed by atoms with Crippen molar-refractivity contribution in [3.63, 3.8) is 0 Å². The van der Waals surface area contributed by atoms with E-state index in [0.717, 1.165) is 30.9 Å². The first kappa shape index (κ1) is 17.7. The van der Waals surface area contributed by atoms with Crippen LogP contribution in [0.1, 0.15) is 12.0 Å². The van der Waals surface area contributed by atoms with Crippen LogP contribution < -0.4 is 9.62 Å². The second kappa shape index (κ2) is 8.31. The molecular formula is C18H23N3O3S. The smallest absolute Gasteiger partial charge is 0.232 e. The minimum absolute atomic E-state index is 0.0904. The zero-order valence-electron chi connectivity index (χ0n) is 14.1. The van der Waals surface area contributed by atoms with Gasteiger partial charge >= 0.3 is 0 Å². The molecule has 0 atom stereocenters. The number of benzene rings is 1. The Morgan fingerprint density at radius 2 is 1.84 bits per heavy atom. The summed E-state index contributed by atoms with van der Waals surface area (Å²) in [6.45, 7) is 2.99. The van der Waals surface area contributed by atoms with Gasteiger partial charge in [0.15, 0.2) is 0 Å². The van der Waals surface area contributed by atoms with Crippen molar-refractivity contribution in [3.8, 4) is 0 Å². The van der Waals surface area contributed by atoms with E-state index in [-0.39, 0.29) is 5.75 Å². The Morgan fingerprint density at radius 3 is 2.52 bits per heavy atom. The number of ether oxygens (including phenoxy) is 1. The first-order valence-corrected chi connectivity index (χ1v) is 10.1. The minimum atomic E-state index is -3.37. The van der Waals surface area contributed by atoms with E-state index in [1.54, 1.807) is 12.3 Å². The van der Waals surface area contributed by atoms with Crippen LogP contribution >= 0.6 is 0 Å². The predicted octanol–water partition coefficient (Wildman–Crippen LogP) is 2.29. The maximum atomic E-state index is 12.2. The van der Waals surface area contributed by atoms with Crippen molar-refractivity contribution < 1.29 is 13.2 Å². The maximum Gasteiger partial charge on any atom is 0.232 e. The standard InChI is InChI=1S/C18H23N3O3S/c22-25(23,14-4-7-16-5-2-1-3-6-16)20-17-8-9-18(19-15-17)21-10-12-24-13-11-21/h1-3,5-6,8-9,15,20H,4,7,10-14H2. The van der Waals surface area contributed by atoms with E-state index in [0.29, 0.717) is 25.3 Å². The van der Waals surface area contributed by atoms with E-state index in [1.165, 1.54) is 0 Å². The van der Waals surface area contributed by atoms with Gasteiger partial charge in [0.25, 0.3) is 0 Å². The molecule has 0 aliphatic carbocycles. The molecule has 0 unspecified atom stereocenters. The molecule has 0 spiro atoms. The number of nitrogens with one attached hydrogen (secondary N) is 1. The number of hydrogen-bond acceptors (Lipinski definition) is 5. The predicted molar refractivity (Wildman–Crippen MR) is 99.4 cm³/mol. The number of pyridine rings is 1. The van der Waals surface area contributed by atoms with Crippen LogP contribution in [0, 0.1) is 0 Å². The zero-order valence-corrected chi connectivity index (χ0v) is 14.9. The lowest BCUT2D eigenvalue weighted by Crippen LogP contribution is -2.36. The van der Waals surface area contributed by atoms with E-state index in [9.17, 15) is 8.42 Å². The molecule has 1 aliphatic heterocycles. The summed E-state index contributed by atoms with van der Waals surface area (Å²) < 4.78 is 32.3. The molecule has 25 heavy (non-hydrogen) atoms. The molecule has 2 heterocycles. The molecule has 1 saturated heterocycles. The average molecular weight is 361 g/mol. The van der Waals surface area contributed by atoms with Crippen molar-refractivity contribution in [2.24, 2.45) is 0 Å². The molecule has 2 aromatic rings. The molecule has 6 nitrogen and oxygen atoms in total. The highest BCUT2D eigenvalue weighted by molar-refractivity contribution is 7.92. The van der Waals surface area contributed by atoms with E-state index in [1.807, 2.05) is 36.4 Å². The van der Waals surface area contributed by atoms with Gasteiger partial charge in [0.1, 0.15) is 5.82 Å². The monoisotopic (exact) mass is 361 g/mol. The fourth-order valence-corrected chi connectivity index (χ4v) is 3.87. The number of aromatic nitrogens is 1. The van der Waals surface area contributed by atoms with Gasteiger partial charge in [-0.3, -0.25) is 4.72 Å². The van der Waals surface area contributed by atoms with E-state index >= 15 is 0 Å². The van der Waals surface area contributed by atoms with Crippen molar-refractivity contribution in [2.45, 2.75) is 12.8 Å². The Balaban J connectivity index is 1.51. The average Bonchev–Trinajstić information content (AvgIpc) is 2.63. The van der Waals surface area contributed by atoms with E-state index < -0.39 is 10.0 Å². The van der Waals surface area contributed by atoms with Crippen LogP contribution in [0.3, 0.4) is 0 Å². The summed E-state index contributed by atoms with van der Waals surface area (Å²) in [6.07, 6.45) is 2.90. The van der Waals surface area contributed by atoms with Gasteiger partial charge in [0.2, 0.25) is 10.0 Å². The van der Waals surface area contributed by atoms with Gasteiger partial charge in [-0.25, -0.2) is 13.4 Å². The summed E-state index contributed by atoms with van der Waals surface area (Å²) >= 11 is 0. The molecule has 0 amide bonds.